The van der Waals surface area contributed by atoms with Gasteiger partial charge in [-0.05, 0) is 25.0 Å². The average Bonchev–Trinajstić information content (AvgIpc) is 3.02. The van der Waals surface area contributed by atoms with Gasteiger partial charge in [0.1, 0.15) is 11.6 Å². The van der Waals surface area contributed by atoms with Crippen molar-refractivity contribution in [2.24, 2.45) is 0 Å². The minimum atomic E-state index is -1.16. The number of likely N-dealkylation sites (tertiary alicyclic amines) is 1. The Morgan fingerprint density at radius 1 is 1.23 bits per heavy atom. The number of aliphatic hydroxyl groups is 1. The first-order valence-corrected chi connectivity index (χ1v) is 7.35. The molecule has 1 aliphatic rings. The molecule has 7 heteroatoms. The second kappa shape index (κ2) is 6.50. The molecule has 1 fully saturated rings. The van der Waals surface area contributed by atoms with Crippen LogP contribution >= 0.6 is 0 Å². The molecule has 3 rings (SSSR count). The van der Waals surface area contributed by atoms with E-state index in [-0.39, 0.29) is 12.1 Å². The lowest BCUT2D eigenvalue weighted by Gasteiger charge is -2.33. The highest BCUT2D eigenvalue weighted by Gasteiger charge is 2.25. The normalized spacial score (nSPS) is 18.5. The van der Waals surface area contributed by atoms with Crippen LogP contribution in [-0.4, -0.2) is 44.6 Å². The lowest BCUT2D eigenvalue weighted by Crippen LogP contribution is -2.37. The molecule has 1 saturated heterocycles. The van der Waals surface area contributed by atoms with Crippen LogP contribution in [0.25, 0.3) is 0 Å². The predicted octanol–water partition coefficient (Wildman–Crippen LogP) is 1.93. The molecule has 2 heterocycles. The quantitative estimate of drug-likeness (QED) is 0.938. The SMILES string of the molecule is O[C@@H](CN1CCC(n2ccnn2)CC1)c1c(F)cccc1F. The molecule has 22 heavy (non-hydrogen) atoms. The third kappa shape index (κ3) is 3.15. The number of nitrogens with zero attached hydrogens (tertiary/aromatic N) is 4. The van der Waals surface area contributed by atoms with Crippen LogP contribution in [-0.2, 0) is 0 Å². The van der Waals surface area contributed by atoms with Gasteiger partial charge in [0, 0.05) is 25.8 Å². The number of halogens is 2. The van der Waals surface area contributed by atoms with Crippen LogP contribution in [0.15, 0.2) is 30.6 Å². The molecule has 1 aromatic heterocycles. The van der Waals surface area contributed by atoms with E-state index in [0.29, 0.717) is 6.04 Å². The van der Waals surface area contributed by atoms with E-state index in [4.69, 9.17) is 0 Å². The Balaban J connectivity index is 1.58. The van der Waals surface area contributed by atoms with E-state index >= 15 is 0 Å². The first kappa shape index (κ1) is 15.1. The summed E-state index contributed by atoms with van der Waals surface area (Å²) in [5.74, 6) is -1.41. The maximum absolute atomic E-state index is 13.7. The van der Waals surface area contributed by atoms with E-state index in [9.17, 15) is 13.9 Å². The topological polar surface area (TPSA) is 54.2 Å². The summed E-state index contributed by atoms with van der Waals surface area (Å²) in [7, 11) is 0. The maximum Gasteiger partial charge on any atom is 0.131 e. The third-order valence-corrected chi connectivity index (χ3v) is 4.14. The van der Waals surface area contributed by atoms with Gasteiger partial charge in [-0.25, -0.2) is 13.5 Å². The first-order valence-electron chi connectivity index (χ1n) is 7.35. The third-order valence-electron chi connectivity index (χ3n) is 4.14. The Kier molecular flexibility index (Phi) is 4.44. The Labute approximate surface area is 127 Å². The Bertz CT molecular complexity index is 592. The summed E-state index contributed by atoms with van der Waals surface area (Å²) >= 11 is 0. The molecular weight excluding hydrogens is 290 g/mol. The van der Waals surface area contributed by atoms with Crippen LogP contribution in [0, 0.1) is 11.6 Å². The van der Waals surface area contributed by atoms with Crippen molar-refractivity contribution in [3.05, 3.63) is 47.8 Å². The zero-order chi connectivity index (χ0) is 15.5. The number of benzene rings is 1. The number of aliphatic hydroxyl groups excluding tert-OH is 1. The standard InChI is InChI=1S/C15H18F2N4O/c16-12-2-1-3-13(17)15(12)14(22)10-20-7-4-11(5-8-20)21-9-6-18-19-21/h1-3,6,9,11,14,22H,4-5,7-8,10H2/t14-/m0/s1. The highest BCUT2D eigenvalue weighted by atomic mass is 19.1. The minimum Gasteiger partial charge on any atom is -0.387 e. The Morgan fingerprint density at radius 2 is 1.91 bits per heavy atom. The molecule has 0 radical (unpaired) electrons. The van der Waals surface area contributed by atoms with Crippen LogP contribution in [0.2, 0.25) is 0 Å². The summed E-state index contributed by atoms with van der Waals surface area (Å²) in [6.45, 7) is 1.72. The Hall–Kier alpha value is -1.86. The molecule has 118 valence electrons. The second-order valence-corrected chi connectivity index (χ2v) is 5.57. The molecular formula is C15H18F2N4O. The van der Waals surface area contributed by atoms with Gasteiger partial charge in [0.15, 0.2) is 0 Å². The first-order chi connectivity index (χ1) is 10.6. The number of β-amino-alcohol motifs (C(OH)–C–C–N with tert-alkyl or cyclic N) is 1. The largest absolute Gasteiger partial charge is 0.387 e. The smallest absolute Gasteiger partial charge is 0.131 e. The number of rotatable bonds is 4. The zero-order valence-electron chi connectivity index (χ0n) is 12.1. The van der Waals surface area contributed by atoms with Gasteiger partial charge in [0.2, 0.25) is 0 Å². The van der Waals surface area contributed by atoms with E-state index in [1.165, 1.54) is 18.2 Å². The van der Waals surface area contributed by atoms with Crippen molar-refractivity contribution >= 4 is 0 Å². The molecule has 0 spiro atoms. The van der Waals surface area contributed by atoms with Crippen LogP contribution in [0.3, 0.4) is 0 Å². The fourth-order valence-corrected chi connectivity index (χ4v) is 2.94. The van der Waals surface area contributed by atoms with E-state index in [1.807, 2.05) is 15.8 Å². The van der Waals surface area contributed by atoms with Crippen molar-refractivity contribution in [2.75, 3.05) is 19.6 Å². The van der Waals surface area contributed by atoms with Gasteiger partial charge in [-0.2, -0.15) is 0 Å². The molecule has 0 aliphatic carbocycles. The molecule has 1 aromatic carbocycles. The van der Waals surface area contributed by atoms with Gasteiger partial charge < -0.3 is 10.0 Å². The van der Waals surface area contributed by atoms with Crippen molar-refractivity contribution < 1.29 is 13.9 Å². The number of hydrogen-bond acceptors (Lipinski definition) is 4. The van der Waals surface area contributed by atoms with E-state index in [1.54, 1.807) is 6.20 Å². The fourth-order valence-electron chi connectivity index (χ4n) is 2.94. The van der Waals surface area contributed by atoms with Crippen molar-refractivity contribution in [3.63, 3.8) is 0 Å². The minimum absolute atomic E-state index is 0.224. The van der Waals surface area contributed by atoms with Crippen LogP contribution < -0.4 is 0 Å². The van der Waals surface area contributed by atoms with Gasteiger partial charge in [0.05, 0.1) is 23.9 Å². The van der Waals surface area contributed by atoms with Crippen molar-refractivity contribution in [2.45, 2.75) is 25.0 Å². The Morgan fingerprint density at radius 3 is 2.50 bits per heavy atom. The van der Waals surface area contributed by atoms with Gasteiger partial charge in [-0.1, -0.05) is 11.3 Å². The van der Waals surface area contributed by atoms with Crippen molar-refractivity contribution in [3.8, 4) is 0 Å². The van der Waals surface area contributed by atoms with E-state index in [0.717, 1.165) is 25.9 Å². The van der Waals surface area contributed by atoms with Gasteiger partial charge >= 0.3 is 0 Å². The summed E-state index contributed by atoms with van der Waals surface area (Å²) < 4.78 is 29.2. The molecule has 0 bridgehead atoms. The maximum atomic E-state index is 13.7. The molecule has 0 saturated carbocycles. The van der Waals surface area contributed by atoms with Gasteiger partial charge in [-0.3, -0.25) is 0 Å². The van der Waals surface area contributed by atoms with Crippen molar-refractivity contribution in [1.29, 1.82) is 0 Å². The molecule has 5 nitrogen and oxygen atoms in total. The molecule has 1 N–H and O–H groups in total. The van der Waals surface area contributed by atoms with Crippen molar-refractivity contribution in [1.82, 2.24) is 19.9 Å². The van der Waals surface area contributed by atoms with Crippen LogP contribution in [0.4, 0.5) is 8.78 Å². The molecule has 1 atom stereocenters. The van der Waals surface area contributed by atoms with Gasteiger partial charge in [-0.15, -0.1) is 5.10 Å². The summed E-state index contributed by atoms with van der Waals surface area (Å²) in [5, 5.41) is 17.9. The van der Waals surface area contributed by atoms with Gasteiger partial charge in [0.25, 0.3) is 0 Å². The lowest BCUT2D eigenvalue weighted by molar-refractivity contribution is 0.0841. The number of aromatic nitrogens is 3. The summed E-state index contributed by atoms with van der Waals surface area (Å²) in [6, 6.07) is 3.92. The number of hydrogen-bond donors (Lipinski definition) is 1. The molecule has 1 aliphatic heterocycles. The number of piperidine rings is 1. The van der Waals surface area contributed by atoms with E-state index in [2.05, 4.69) is 10.3 Å². The van der Waals surface area contributed by atoms with Crippen LogP contribution in [0.5, 0.6) is 0 Å². The monoisotopic (exact) mass is 308 g/mol. The summed E-state index contributed by atoms with van der Waals surface area (Å²) in [4.78, 5) is 2.02. The molecule has 0 unspecified atom stereocenters. The molecule has 0 amide bonds. The summed E-state index contributed by atoms with van der Waals surface area (Å²) in [6.07, 6.45) is 4.07. The van der Waals surface area contributed by atoms with E-state index < -0.39 is 17.7 Å². The predicted molar refractivity (Wildman–Crippen MR) is 76.1 cm³/mol. The average molecular weight is 308 g/mol. The highest BCUT2D eigenvalue weighted by molar-refractivity contribution is 5.22. The second-order valence-electron chi connectivity index (χ2n) is 5.57. The lowest BCUT2D eigenvalue weighted by atomic mass is 10.0. The zero-order valence-corrected chi connectivity index (χ0v) is 12.1. The fraction of sp³-hybridized carbons (Fsp3) is 0.467. The highest BCUT2D eigenvalue weighted by Crippen LogP contribution is 2.25. The summed E-state index contributed by atoms with van der Waals surface area (Å²) in [5.41, 5.74) is -0.249. The van der Waals surface area contributed by atoms with Crippen LogP contribution in [0.1, 0.15) is 30.6 Å². The molecule has 2 aromatic rings.